The summed E-state index contributed by atoms with van der Waals surface area (Å²) >= 11 is 0. The number of hydrogen-bond acceptors (Lipinski definition) is 4. The van der Waals surface area contributed by atoms with E-state index in [-0.39, 0.29) is 18.6 Å². The summed E-state index contributed by atoms with van der Waals surface area (Å²) in [7, 11) is 0. The SMILES string of the molecule is Cc1cccc(C)c1OCC(=O)NC(Cc1ccccc1)C(O)C[C@@H](N)Cc1ccccc1. The molecule has 3 atom stereocenters. The smallest absolute Gasteiger partial charge is 0.258 e. The molecule has 0 bridgehead atoms. The largest absolute Gasteiger partial charge is 0.483 e. The van der Waals surface area contributed by atoms with E-state index in [9.17, 15) is 9.90 Å². The standard InChI is InChI=1S/C28H34N2O3/c1-20-10-9-11-21(2)28(20)33-19-27(32)30-25(17-23-14-7-4-8-15-23)26(31)18-24(29)16-22-12-5-3-6-13-22/h3-15,24-26,31H,16-19,29H2,1-2H3,(H,30,32)/t24-,25?,26?/m0/s1. The van der Waals surface area contributed by atoms with E-state index in [4.69, 9.17) is 10.5 Å². The molecule has 3 rings (SSSR count). The maximum absolute atomic E-state index is 12.7. The van der Waals surface area contributed by atoms with Gasteiger partial charge in [-0.15, -0.1) is 0 Å². The Bertz CT molecular complexity index is 988. The van der Waals surface area contributed by atoms with Crippen LogP contribution >= 0.6 is 0 Å². The van der Waals surface area contributed by atoms with Crippen LogP contribution in [0.4, 0.5) is 0 Å². The minimum Gasteiger partial charge on any atom is -0.483 e. The lowest BCUT2D eigenvalue weighted by molar-refractivity contribution is -0.124. The van der Waals surface area contributed by atoms with E-state index in [1.807, 2.05) is 92.7 Å². The second kappa shape index (κ2) is 12.2. The van der Waals surface area contributed by atoms with Crippen molar-refractivity contribution in [2.75, 3.05) is 6.61 Å². The van der Waals surface area contributed by atoms with Crippen molar-refractivity contribution >= 4 is 5.91 Å². The van der Waals surface area contributed by atoms with Crippen LogP contribution in [0.25, 0.3) is 0 Å². The lowest BCUT2D eigenvalue weighted by Crippen LogP contribution is -2.48. The zero-order valence-corrected chi connectivity index (χ0v) is 19.4. The predicted molar refractivity (Wildman–Crippen MR) is 132 cm³/mol. The number of aliphatic hydroxyl groups is 1. The van der Waals surface area contributed by atoms with E-state index in [2.05, 4.69) is 5.32 Å². The highest BCUT2D eigenvalue weighted by Crippen LogP contribution is 2.22. The van der Waals surface area contributed by atoms with E-state index < -0.39 is 12.1 Å². The van der Waals surface area contributed by atoms with Crippen LogP contribution in [0.2, 0.25) is 0 Å². The summed E-state index contributed by atoms with van der Waals surface area (Å²) in [4.78, 5) is 12.7. The molecule has 174 valence electrons. The van der Waals surface area contributed by atoms with Crippen molar-refractivity contribution in [3.8, 4) is 5.75 Å². The molecule has 0 aliphatic rings. The molecule has 2 unspecified atom stereocenters. The fraction of sp³-hybridized carbons (Fsp3) is 0.321. The fourth-order valence-electron chi connectivity index (χ4n) is 4.04. The van der Waals surface area contributed by atoms with Crippen LogP contribution in [0.3, 0.4) is 0 Å². The Kier molecular flexibility index (Phi) is 9.04. The van der Waals surface area contributed by atoms with Crippen LogP contribution in [-0.2, 0) is 17.6 Å². The molecule has 0 saturated heterocycles. The van der Waals surface area contributed by atoms with E-state index >= 15 is 0 Å². The predicted octanol–water partition coefficient (Wildman–Crippen LogP) is 3.73. The van der Waals surface area contributed by atoms with Gasteiger partial charge in [0, 0.05) is 6.04 Å². The van der Waals surface area contributed by atoms with Gasteiger partial charge >= 0.3 is 0 Å². The lowest BCUT2D eigenvalue weighted by Gasteiger charge is -2.27. The first-order valence-corrected chi connectivity index (χ1v) is 11.4. The van der Waals surface area contributed by atoms with E-state index in [0.717, 1.165) is 28.0 Å². The summed E-state index contributed by atoms with van der Waals surface area (Å²) in [5.74, 6) is 0.451. The van der Waals surface area contributed by atoms with Gasteiger partial charge in [-0.05, 0) is 55.4 Å². The third-order valence-corrected chi connectivity index (χ3v) is 5.75. The van der Waals surface area contributed by atoms with E-state index in [0.29, 0.717) is 19.3 Å². The Hall–Kier alpha value is -3.15. The van der Waals surface area contributed by atoms with Crippen LogP contribution in [-0.4, -0.2) is 35.8 Å². The highest BCUT2D eigenvalue weighted by molar-refractivity contribution is 5.78. The quantitative estimate of drug-likeness (QED) is 0.419. The number of nitrogens with two attached hydrogens (primary N) is 1. The van der Waals surface area contributed by atoms with Crippen molar-refractivity contribution in [3.63, 3.8) is 0 Å². The first kappa shape index (κ1) is 24.5. The average Bonchev–Trinajstić information content (AvgIpc) is 2.79. The monoisotopic (exact) mass is 446 g/mol. The van der Waals surface area contributed by atoms with E-state index in [1.165, 1.54) is 0 Å². The van der Waals surface area contributed by atoms with Gasteiger partial charge in [-0.25, -0.2) is 0 Å². The van der Waals surface area contributed by atoms with Gasteiger partial charge in [-0.3, -0.25) is 4.79 Å². The van der Waals surface area contributed by atoms with E-state index in [1.54, 1.807) is 0 Å². The Morgan fingerprint density at radius 1 is 0.879 bits per heavy atom. The van der Waals surface area contributed by atoms with Crippen molar-refractivity contribution in [2.24, 2.45) is 5.73 Å². The first-order chi connectivity index (χ1) is 15.9. The maximum atomic E-state index is 12.7. The Labute approximate surface area is 196 Å². The number of hydrogen-bond donors (Lipinski definition) is 3. The number of benzene rings is 3. The highest BCUT2D eigenvalue weighted by Gasteiger charge is 2.24. The Morgan fingerprint density at radius 2 is 1.42 bits per heavy atom. The highest BCUT2D eigenvalue weighted by atomic mass is 16.5. The molecule has 0 heterocycles. The maximum Gasteiger partial charge on any atom is 0.258 e. The molecule has 5 nitrogen and oxygen atoms in total. The summed E-state index contributed by atoms with van der Waals surface area (Å²) in [6, 6.07) is 25.0. The third kappa shape index (κ3) is 7.74. The van der Waals surface area contributed by atoms with Gasteiger partial charge in [0.2, 0.25) is 0 Å². The van der Waals surface area contributed by atoms with Gasteiger partial charge in [-0.2, -0.15) is 0 Å². The van der Waals surface area contributed by atoms with Crippen LogP contribution in [0.5, 0.6) is 5.75 Å². The van der Waals surface area contributed by atoms with Gasteiger partial charge in [-0.1, -0.05) is 78.9 Å². The van der Waals surface area contributed by atoms with Crippen molar-refractivity contribution in [1.82, 2.24) is 5.32 Å². The first-order valence-electron chi connectivity index (χ1n) is 11.4. The number of carbonyl (C=O) groups is 1. The van der Waals surface area contributed by atoms with Crippen molar-refractivity contribution in [1.29, 1.82) is 0 Å². The molecule has 4 N–H and O–H groups in total. The molecular formula is C28H34N2O3. The van der Waals surface area contributed by atoms with Crippen molar-refractivity contribution in [3.05, 3.63) is 101 Å². The van der Waals surface area contributed by atoms with Gasteiger partial charge < -0.3 is 20.9 Å². The zero-order valence-electron chi connectivity index (χ0n) is 19.4. The molecule has 33 heavy (non-hydrogen) atoms. The molecule has 0 aliphatic carbocycles. The third-order valence-electron chi connectivity index (χ3n) is 5.75. The summed E-state index contributed by atoms with van der Waals surface area (Å²) in [6.45, 7) is 3.80. The number of para-hydroxylation sites is 1. The van der Waals surface area contributed by atoms with Gasteiger partial charge in [0.25, 0.3) is 5.91 Å². The van der Waals surface area contributed by atoms with Crippen LogP contribution in [0.1, 0.15) is 28.7 Å². The molecule has 0 radical (unpaired) electrons. The topological polar surface area (TPSA) is 84.6 Å². The van der Waals surface area contributed by atoms with Gasteiger partial charge in [0.15, 0.2) is 6.61 Å². The second-order valence-electron chi connectivity index (χ2n) is 8.63. The molecular weight excluding hydrogens is 412 g/mol. The minimum absolute atomic E-state index is 0.111. The summed E-state index contributed by atoms with van der Waals surface area (Å²) in [6.07, 6.45) is 0.771. The fourth-order valence-corrected chi connectivity index (χ4v) is 4.04. The van der Waals surface area contributed by atoms with Crippen LogP contribution in [0, 0.1) is 13.8 Å². The molecule has 0 saturated carbocycles. The molecule has 3 aromatic carbocycles. The number of aryl methyl sites for hydroxylation is 2. The van der Waals surface area contributed by atoms with Crippen molar-refractivity contribution in [2.45, 2.75) is 51.3 Å². The summed E-state index contributed by atoms with van der Waals surface area (Å²) < 4.78 is 5.80. The average molecular weight is 447 g/mol. The lowest BCUT2D eigenvalue weighted by atomic mass is 9.94. The number of carbonyl (C=O) groups excluding carboxylic acids is 1. The number of rotatable bonds is 11. The molecule has 0 fully saturated rings. The minimum atomic E-state index is -0.784. The molecule has 5 heteroatoms. The molecule has 3 aromatic rings. The number of aliphatic hydroxyl groups excluding tert-OH is 1. The number of ether oxygens (including phenoxy) is 1. The van der Waals surface area contributed by atoms with Gasteiger partial charge in [0.05, 0.1) is 12.1 Å². The van der Waals surface area contributed by atoms with Gasteiger partial charge in [0.1, 0.15) is 5.75 Å². The summed E-state index contributed by atoms with van der Waals surface area (Å²) in [5, 5.41) is 14.0. The second-order valence-corrected chi connectivity index (χ2v) is 8.63. The number of nitrogens with one attached hydrogen (secondary N) is 1. The Morgan fingerprint density at radius 3 is 2.00 bits per heavy atom. The van der Waals surface area contributed by atoms with Crippen LogP contribution in [0.15, 0.2) is 78.9 Å². The Balaban J connectivity index is 1.63. The molecule has 1 amide bonds. The molecule has 0 aromatic heterocycles. The van der Waals surface area contributed by atoms with Crippen molar-refractivity contribution < 1.29 is 14.6 Å². The number of amides is 1. The molecule has 0 spiro atoms. The normalized spacial score (nSPS) is 13.7. The molecule has 0 aliphatic heterocycles. The zero-order chi connectivity index (χ0) is 23.6. The summed E-state index contributed by atoms with van der Waals surface area (Å²) in [5.41, 5.74) is 10.5. The van der Waals surface area contributed by atoms with Crippen LogP contribution < -0.4 is 15.8 Å².